The molecule has 11 fully saturated rings. The maximum atomic E-state index is 14.7. The van der Waals surface area contributed by atoms with E-state index >= 15 is 0 Å². The standard InChI is InChI=1S/C95H143N13O34P2/c1-52(2)81(106-89(118)68(46-78(113)103-67-25-33-132-92(67)121)105-88(117)65(12-9-10-31-107(6)7)102-77(112)26-32-130-35-36-131-37-38-135-144(127,128)134-34-30-97-90(119)69(108-79(114)22-23-80(108)115)50-99-76(111)27-39-143(124,125)126)91(120)104-66(13-11-29-98-93(96)122)87(116)101-58-17-14-56(15-18-58)51-133-94(123)100-49-60(110)45-74-82(129-8)64-44-59(109)42-57-16-20-71-63(43-57)83-85-86(139-71)84-75(140-85)48-95(141-83,142-84)28-24-62-41-54(4)70(136-62)21-19-61-40-53(3)55(5)72(137-61)47-73(64)138-74/h14-15,17-18,22-23,52-53,57,60-75,81-86,110H,4-5,9-13,16,19-21,24-51H2,1-3,6-8H3,(H,97,119)(H,99,111)(H,100,123)(H,101,116)(H,102,112)(H,103,113)(H,104,120)(H,105,117)(H,106,118)(H,127,128)(H3,96,98,122)(H2,124,125,126)/t53-,57-,60+,61+,62+,63+,64+,65+,66+,67+,68+,69+,70+,71+,72-,73+,74-,75-,81+,82-,83+,84+,85+,86+,95-/m1/s1. The maximum absolute atomic E-state index is 14.7. The summed E-state index contributed by atoms with van der Waals surface area (Å²) < 4.78 is 110. The molecular weight excluding hydrogens is 1930 g/mol. The molecule has 11 heterocycles. The number of hydrogen-bond acceptors (Lipinski definition) is 32. The number of esters is 1. The number of ether oxygens (including phenoxy) is 12. The Hall–Kier alpha value is -9.20. The third-order valence-electron chi connectivity index (χ3n) is 28.1. The molecule has 47 nitrogen and oxygen atoms in total. The van der Waals surface area contributed by atoms with Crippen LogP contribution in [0.3, 0.4) is 0 Å². The summed E-state index contributed by atoms with van der Waals surface area (Å²) in [6, 6.07) is -3.29. The molecule has 0 radical (unpaired) electrons. The van der Waals surface area contributed by atoms with Gasteiger partial charge in [0.15, 0.2) is 5.79 Å². The summed E-state index contributed by atoms with van der Waals surface area (Å²) in [5, 5.41) is 37.2. The number of methoxy groups -OCH3 is 1. The number of unbranched alkanes of at least 4 members (excludes halogenated alkanes) is 1. The predicted molar refractivity (Wildman–Crippen MR) is 508 cm³/mol. The Balaban J connectivity index is 0.604. The van der Waals surface area contributed by atoms with E-state index in [1.807, 2.05) is 19.0 Å². The molecule has 1 saturated carbocycles. The predicted octanol–water partition coefficient (Wildman–Crippen LogP) is 1.46. The lowest BCUT2D eigenvalue weighted by Crippen LogP contribution is -2.60. The number of fused-ring (bicyclic) bond motifs is 6. The quantitative estimate of drug-likeness (QED) is 0.0144. The SMILES string of the molecule is C=C1C[C@@H]2CC[C@@]34C[C@H]5O[C@@H]6[C@@H](O[C@H]7CC[C@H](CC(=O)C[C@@H]8[C@@H](OC)[C@@H](C[C@H](O)CNC(=O)OCc9ccc(NC(=O)[C@H](CCCNC(N)=O)NC(=O)[C@@H](NC(=O)[C@H](CC(=O)N[C@H]%10CCOC%10=O)NC(=O)[C@H](CCCCN(C)C)NC(=O)CCOCCOCCOP(=O)(O)OCCNC(=O)[C@H](CNC(=O)CCP(=O)(O)O)N%10C(=O)C=CC%10=O)C(C)C)cc9)O[C@H]8C[C@H]8O[C@@H](CC[C@@H]1O2)C[C@@H](C)C8=C)C[C@@H]7[C@@H]6O3)[C@H]5O4. The van der Waals surface area contributed by atoms with E-state index < -0.39 is 222 Å². The van der Waals surface area contributed by atoms with Crippen LogP contribution in [0.2, 0.25) is 0 Å². The molecular formula is C95H143N13O34P2. The molecule has 12 aliphatic rings. The minimum atomic E-state index is -4.76. The molecule has 16 N–H and O–H groups in total. The maximum Gasteiger partial charge on any atom is 0.472 e. The fourth-order valence-corrected chi connectivity index (χ4v) is 21.9. The van der Waals surface area contributed by atoms with Crippen LogP contribution in [0.15, 0.2) is 60.7 Å². The van der Waals surface area contributed by atoms with E-state index in [1.165, 1.54) is 12.1 Å². The van der Waals surface area contributed by atoms with E-state index in [0.29, 0.717) is 55.5 Å². The number of rotatable bonds is 50. The summed E-state index contributed by atoms with van der Waals surface area (Å²) in [7, 11) is -4.06. The van der Waals surface area contributed by atoms with Gasteiger partial charge >= 0.3 is 33.5 Å². The molecule has 13 amide bonds. The molecule has 11 aliphatic heterocycles. The van der Waals surface area contributed by atoms with Crippen LogP contribution in [0.4, 0.5) is 15.3 Å². The van der Waals surface area contributed by atoms with Gasteiger partial charge in [0.05, 0.1) is 126 Å². The van der Waals surface area contributed by atoms with Gasteiger partial charge in [-0.05, 0) is 151 Å². The van der Waals surface area contributed by atoms with E-state index in [4.69, 9.17) is 81.4 Å². The van der Waals surface area contributed by atoms with E-state index in [1.54, 1.807) is 33.1 Å². The molecule has 1 spiro atoms. The second-order valence-electron chi connectivity index (χ2n) is 39.6. The average molecular weight is 2070 g/mol. The summed E-state index contributed by atoms with van der Waals surface area (Å²) in [6.45, 7) is 11.5. The zero-order valence-electron chi connectivity index (χ0n) is 82.4. The Morgan fingerprint density at radius 2 is 1.32 bits per heavy atom. The summed E-state index contributed by atoms with van der Waals surface area (Å²) in [5.41, 5.74) is 8.08. The number of anilines is 1. The molecule has 49 heteroatoms. The van der Waals surface area contributed by atoms with Gasteiger partial charge in [0, 0.05) is 121 Å². The molecule has 802 valence electrons. The van der Waals surface area contributed by atoms with Crippen molar-refractivity contribution in [3.8, 4) is 0 Å². The van der Waals surface area contributed by atoms with Crippen LogP contribution < -0.4 is 58.9 Å². The first kappa shape index (κ1) is 114. The van der Waals surface area contributed by atoms with Gasteiger partial charge in [-0.15, -0.1) is 0 Å². The monoisotopic (exact) mass is 2070 g/mol. The normalized spacial score (nSPS) is 29.3. The first-order chi connectivity index (χ1) is 68.6. The number of amides is 13. The van der Waals surface area contributed by atoms with Crippen LogP contribution in [0, 0.1) is 29.6 Å². The number of aliphatic hydroxyl groups is 1. The minimum absolute atomic E-state index is 0.00194. The number of ketones is 1. The molecule has 13 rings (SSSR count). The van der Waals surface area contributed by atoms with Gasteiger partial charge in [0.2, 0.25) is 47.3 Å². The van der Waals surface area contributed by atoms with Crippen LogP contribution in [0.5, 0.6) is 0 Å². The molecule has 26 atom stereocenters. The van der Waals surface area contributed by atoms with Crippen molar-refractivity contribution in [2.75, 3.05) is 112 Å². The number of benzene rings is 1. The number of cyclic esters (lactones) is 1. The summed E-state index contributed by atoms with van der Waals surface area (Å²) in [4.78, 5) is 219. The number of nitrogens with zero attached hydrogens (tertiary/aromatic N) is 2. The summed E-state index contributed by atoms with van der Waals surface area (Å²) in [6.07, 6.45) is 3.00. The van der Waals surface area contributed by atoms with Crippen molar-refractivity contribution in [2.45, 2.75) is 303 Å². The zero-order chi connectivity index (χ0) is 104. The number of primary amides is 1. The number of imide groups is 1. The largest absolute Gasteiger partial charge is 0.472 e. The molecule has 1 aliphatic carbocycles. The van der Waals surface area contributed by atoms with Crippen molar-refractivity contribution in [1.29, 1.82) is 0 Å². The van der Waals surface area contributed by atoms with Gasteiger partial charge in [-0.3, -0.25) is 71.3 Å². The number of carbonyl (C=O) groups is 14. The molecule has 1 aromatic rings. The molecule has 12 bridgehead atoms. The van der Waals surface area contributed by atoms with E-state index in [9.17, 15) is 86.3 Å². The number of alkyl carbamates (subject to hydrolysis) is 1. The highest BCUT2D eigenvalue weighted by Gasteiger charge is 2.68. The second-order valence-corrected chi connectivity index (χ2v) is 42.8. The van der Waals surface area contributed by atoms with Gasteiger partial charge in [-0.1, -0.05) is 46.1 Å². The molecule has 0 aromatic heterocycles. The van der Waals surface area contributed by atoms with Gasteiger partial charge in [-0.2, -0.15) is 0 Å². The van der Waals surface area contributed by atoms with E-state index in [2.05, 4.69) is 73.2 Å². The fourth-order valence-electron chi connectivity index (χ4n) is 20.7. The molecule has 1 unspecified atom stereocenters. The van der Waals surface area contributed by atoms with Crippen molar-refractivity contribution in [1.82, 2.24) is 57.7 Å². The van der Waals surface area contributed by atoms with E-state index in [0.717, 1.165) is 74.7 Å². The second kappa shape index (κ2) is 53.1. The van der Waals surface area contributed by atoms with Crippen LogP contribution in [-0.2, 0) is 139 Å². The Morgan fingerprint density at radius 1 is 0.632 bits per heavy atom. The number of urea groups is 1. The zero-order valence-corrected chi connectivity index (χ0v) is 84.2. The lowest BCUT2D eigenvalue weighted by Gasteiger charge is -2.47. The first-order valence-electron chi connectivity index (χ1n) is 49.8. The highest BCUT2D eigenvalue weighted by Crippen LogP contribution is 2.57. The Morgan fingerprint density at radius 3 is 2.03 bits per heavy atom. The molecule has 1 aromatic carbocycles. The average Bonchev–Trinajstić information content (AvgIpc) is 1.54. The summed E-state index contributed by atoms with van der Waals surface area (Å²) >= 11 is 0. The van der Waals surface area contributed by atoms with Gasteiger partial charge in [0.25, 0.3) is 11.8 Å². The number of Topliss-reactive ketones (excluding diaryl/α,β-unsaturated/α-hetero) is 1. The topological polar surface area (TPSA) is 636 Å². The van der Waals surface area contributed by atoms with Crippen LogP contribution in [0.25, 0.3) is 0 Å². The number of nitrogens with two attached hydrogens (primary N) is 1. The third-order valence-corrected chi connectivity index (χ3v) is 29.9. The van der Waals surface area contributed by atoms with E-state index in [-0.39, 0.29) is 182 Å². The Bertz CT molecular complexity index is 4800. The highest BCUT2D eigenvalue weighted by molar-refractivity contribution is 7.51. The van der Waals surface area contributed by atoms with Crippen LogP contribution in [-0.4, -0.2) is 346 Å². The van der Waals surface area contributed by atoms with Crippen LogP contribution in [0.1, 0.15) is 174 Å². The lowest BCUT2D eigenvalue weighted by molar-refractivity contribution is -0.268. The third kappa shape index (κ3) is 32.9. The number of nitrogens with one attached hydrogen (secondary N) is 10. The van der Waals surface area contributed by atoms with Crippen molar-refractivity contribution in [3.05, 3.63) is 66.3 Å². The van der Waals surface area contributed by atoms with Gasteiger partial charge in [-0.25, -0.2) is 18.9 Å². The van der Waals surface area contributed by atoms with Crippen molar-refractivity contribution in [3.63, 3.8) is 0 Å². The van der Waals surface area contributed by atoms with Crippen molar-refractivity contribution < 1.29 is 162 Å². The summed E-state index contributed by atoms with van der Waals surface area (Å²) in [5.74, 6) is -11.2. The Kier molecular flexibility index (Phi) is 41.9. The number of phosphoric ester groups is 1. The number of hydrogen-bond donors (Lipinski definition) is 15. The Labute approximate surface area is 835 Å². The highest BCUT2D eigenvalue weighted by atomic mass is 31.2. The fraction of sp³-hybridized carbons (Fsp3) is 0.726. The van der Waals surface area contributed by atoms with Crippen molar-refractivity contribution >= 4 is 104 Å². The molecule has 144 heavy (non-hydrogen) atoms. The van der Waals surface area contributed by atoms with Gasteiger partial charge < -0.3 is 140 Å². The lowest BCUT2D eigenvalue weighted by atomic mass is 9.71. The number of aliphatic hydroxyl groups excluding tert-OH is 1. The van der Waals surface area contributed by atoms with Crippen LogP contribution >= 0.6 is 15.4 Å². The van der Waals surface area contributed by atoms with Gasteiger partial charge in [0.1, 0.15) is 67.0 Å². The van der Waals surface area contributed by atoms with Crippen molar-refractivity contribution in [2.24, 2.45) is 35.3 Å². The first-order valence-corrected chi connectivity index (χ1v) is 53.1. The minimum Gasteiger partial charge on any atom is -0.464 e. The smallest absolute Gasteiger partial charge is 0.464 e. The number of phosphoric acid groups is 1. The number of carbonyl (C=O) groups excluding carboxylic acids is 14. The molecule has 10 saturated heterocycles.